The summed E-state index contributed by atoms with van der Waals surface area (Å²) in [7, 11) is 0. The molecule has 6 rings (SSSR count). The summed E-state index contributed by atoms with van der Waals surface area (Å²) in [5.41, 5.74) is 4.62. The number of aromatic hydroxyl groups is 1. The molecular weight excluding hydrogens is 450 g/mol. The third kappa shape index (κ3) is 3.65. The van der Waals surface area contributed by atoms with Crippen LogP contribution in [0.25, 0.3) is 33.4 Å². The minimum Gasteiger partial charge on any atom is -0.507 e. The first kappa shape index (κ1) is 23.3. The number of para-hydroxylation sites is 2. The fraction of sp³-hybridized carbons (Fsp3) is 0.467. The first-order chi connectivity index (χ1) is 17.1. The number of hydrogen-bond donors (Lipinski definition) is 2. The van der Waals surface area contributed by atoms with Crippen LogP contribution in [0, 0.1) is 17.8 Å². The molecule has 2 N–H and O–H groups in total. The van der Waals surface area contributed by atoms with Crippen molar-refractivity contribution in [3.05, 3.63) is 57.4 Å². The van der Waals surface area contributed by atoms with Gasteiger partial charge in [-0.2, -0.15) is 0 Å². The highest BCUT2D eigenvalue weighted by atomic mass is 16.3. The summed E-state index contributed by atoms with van der Waals surface area (Å²) in [6, 6.07) is 10.0. The van der Waals surface area contributed by atoms with Crippen LogP contribution in [-0.4, -0.2) is 32.6 Å². The SMILES string of the molecule is CCc1cc2c(=O)c(-c3nc4ccccc4[nH]3)c(C)oc2c(CN2C[C@@]3(C)C[C@@H]2CC(C)(C)C3)c1O. The number of likely N-dealkylation sites (tertiary alicyclic amines) is 1. The van der Waals surface area contributed by atoms with E-state index in [0.717, 1.165) is 35.1 Å². The molecule has 4 aromatic rings. The van der Waals surface area contributed by atoms with Crippen LogP contribution >= 0.6 is 0 Å². The monoisotopic (exact) mass is 485 g/mol. The molecule has 3 heterocycles. The number of aryl methyl sites for hydroxylation is 2. The van der Waals surface area contributed by atoms with E-state index in [1.807, 2.05) is 38.1 Å². The van der Waals surface area contributed by atoms with Crippen molar-refractivity contribution < 1.29 is 9.52 Å². The number of benzene rings is 2. The van der Waals surface area contributed by atoms with Crippen LogP contribution in [0.5, 0.6) is 5.75 Å². The molecule has 1 saturated carbocycles. The Morgan fingerprint density at radius 3 is 2.75 bits per heavy atom. The third-order valence-electron chi connectivity index (χ3n) is 8.40. The quantitative estimate of drug-likeness (QED) is 0.354. The van der Waals surface area contributed by atoms with Gasteiger partial charge in [-0.1, -0.05) is 39.8 Å². The predicted octanol–water partition coefficient (Wildman–Crippen LogP) is 6.31. The number of aromatic amines is 1. The molecule has 2 aliphatic rings. The minimum absolute atomic E-state index is 0.114. The minimum atomic E-state index is -0.114. The number of nitrogens with one attached hydrogen (secondary N) is 1. The van der Waals surface area contributed by atoms with Gasteiger partial charge in [0.25, 0.3) is 0 Å². The molecule has 0 radical (unpaired) electrons. The van der Waals surface area contributed by atoms with Gasteiger partial charge in [0.2, 0.25) is 5.43 Å². The molecule has 1 aliphatic carbocycles. The predicted molar refractivity (Wildman–Crippen MR) is 143 cm³/mol. The highest BCUT2D eigenvalue weighted by Gasteiger charge is 2.49. The smallest absolute Gasteiger partial charge is 0.203 e. The molecule has 0 spiro atoms. The Bertz CT molecular complexity index is 1530. The molecule has 1 aliphatic heterocycles. The fourth-order valence-electron chi connectivity index (χ4n) is 7.28. The number of imidazole rings is 1. The lowest BCUT2D eigenvalue weighted by atomic mass is 9.65. The first-order valence-corrected chi connectivity index (χ1v) is 13.1. The van der Waals surface area contributed by atoms with Crippen LogP contribution < -0.4 is 5.43 Å². The van der Waals surface area contributed by atoms with E-state index in [2.05, 4.69) is 35.6 Å². The van der Waals surface area contributed by atoms with Crippen molar-refractivity contribution in [3.8, 4) is 17.1 Å². The standard InChI is InChI=1S/C30H35N3O3/c1-6-18-11-20-26(35)24(28-31-22-9-7-8-10-23(22)32-28)17(2)36-27(20)21(25(18)34)14-33-16-30(5)13-19(33)12-29(3,4)15-30/h7-11,19,34H,6,12-16H2,1-5H3,(H,31,32)/t19-,30-/m0/s1. The Morgan fingerprint density at radius 1 is 1.22 bits per heavy atom. The highest BCUT2D eigenvalue weighted by Crippen LogP contribution is 2.53. The number of hydrogen-bond acceptors (Lipinski definition) is 5. The van der Waals surface area contributed by atoms with Gasteiger partial charge in [0.1, 0.15) is 28.5 Å². The van der Waals surface area contributed by atoms with Crippen LogP contribution in [0.1, 0.15) is 63.8 Å². The maximum Gasteiger partial charge on any atom is 0.203 e. The van der Waals surface area contributed by atoms with Gasteiger partial charge in [-0.05, 0) is 67.2 Å². The van der Waals surface area contributed by atoms with Gasteiger partial charge in [0.05, 0.1) is 22.0 Å². The molecule has 2 aromatic heterocycles. The molecule has 1 saturated heterocycles. The Kier molecular flexibility index (Phi) is 5.14. The van der Waals surface area contributed by atoms with Gasteiger partial charge >= 0.3 is 0 Å². The lowest BCUT2D eigenvalue weighted by Crippen LogP contribution is -2.34. The third-order valence-corrected chi connectivity index (χ3v) is 8.40. The van der Waals surface area contributed by atoms with Crippen molar-refractivity contribution in [2.24, 2.45) is 10.8 Å². The van der Waals surface area contributed by atoms with Crippen molar-refractivity contribution in [3.63, 3.8) is 0 Å². The average molecular weight is 486 g/mol. The number of phenols is 1. The zero-order valence-corrected chi connectivity index (χ0v) is 21.9. The van der Waals surface area contributed by atoms with E-state index in [0.29, 0.717) is 52.5 Å². The maximum absolute atomic E-state index is 13.9. The number of fused-ring (bicyclic) bond motifs is 4. The molecule has 2 fully saturated rings. The number of rotatable bonds is 4. The molecule has 2 atom stereocenters. The normalized spacial score (nSPS) is 23.6. The van der Waals surface area contributed by atoms with E-state index >= 15 is 0 Å². The van der Waals surface area contributed by atoms with Crippen LogP contribution in [0.3, 0.4) is 0 Å². The number of phenolic OH excluding ortho intramolecular Hbond substituents is 1. The average Bonchev–Trinajstić information content (AvgIpc) is 3.32. The lowest BCUT2D eigenvalue weighted by Gasteiger charge is -2.40. The van der Waals surface area contributed by atoms with Crippen molar-refractivity contribution in [2.45, 2.75) is 72.9 Å². The second-order valence-corrected chi connectivity index (χ2v) is 12.2. The Morgan fingerprint density at radius 2 is 2.00 bits per heavy atom. The largest absolute Gasteiger partial charge is 0.507 e. The summed E-state index contributed by atoms with van der Waals surface area (Å²) in [6.45, 7) is 12.5. The summed E-state index contributed by atoms with van der Waals surface area (Å²) in [4.78, 5) is 24.3. The molecule has 6 nitrogen and oxygen atoms in total. The molecule has 2 bridgehead atoms. The van der Waals surface area contributed by atoms with Crippen LogP contribution in [0.15, 0.2) is 39.5 Å². The van der Waals surface area contributed by atoms with E-state index in [1.54, 1.807) is 6.07 Å². The zero-order chi connectivity index (χ0) is 25.4. The number of nitrogens with zero attached hydrogens (tertiary/aromatic N) is 2. The molecule has 36 heavy (non-hydrogen) atoms. The Labute approximate surface area is 211 Å². The molecule has 0 unspecified atom stereocenters. The van der Waals surface area contributed by atoms with E-state index in [4.69, 9.17) is 4.42 Å². The van der Waals surface area contributed by atoms with Crippen LogP contribution in [-0.2, 0) is 13.0 Å². The van der Waals surface area contributed by atoms with E-state index in [9.17, 15) is 9.90 Å². The van der Waals surface area contributed by atoms with Crippen molar-refractivity contribution >= 4 is 22.0 Å². The lowest BCUT2D eigenvalue weighted by molar-refractivity contribution is 0.126. The molecule has 0 amide bonds. The Hall–Kier alpha value is -3.12. The number of aromatic nitrogens is 2. The first-order valence-electron chi connectivity index (χ1n) is 13.1. The van der Waals surface area contributed by atoms with Crippen molar-refractivity contribution in [1.29, 1.82) is 0 Å². The second kappa shape index (κ2) is 7.94. The van der Waals surface area contributed by atoms with Gasteiger partial charge < -0.3 is 14.5 Å². The number of H-pyrrole nitrogens is 1. The van der Waals surface area contributed by atoms with Gasteiger partial charge in [-0.15, -0.1) is 0 Å². The summed E-state index contributed by atoms with van der Waals surface area (Å²) in [5, 5.41) is 11.8. The summed E-state index contributed by atoms with van der Waals surface area (Å²) in [6.07, 6.45) is 4.18. The van der Waals surface area contributed by atoms with Gasteiger partial charge in [0, 0.05) is 19.1 Å². The zero-order valence-electron chi connectivity index (χ0n) is 21.9. The maximum atomic E-state index is 13.9. The summed E-state index contributed by atoms with van der Waals surface area (Å²) < 4.78 is 6.38. The van der Waals surface area contributed by atoms with Gasteiger partial charge in [-0.25, -0.2) is 4.98 Å². The highest BCUT2D eigenvalue weighted by molar-refractivity contribution is 5.88. The van der Waals surface area contributed by atoms with E-state index in [1.165, 1.54) is 12.8 Å². The van der Waals surface area contributed by atoms with Gasteiger partial charge in [-0.3, -0.25) is 9.69 Å². The molecule has 2 aromatic carbocycles. The fourth-order valence-corrected chi connectivity index (χ4v) is 7.28. The topological polar surface area (TPSA) is 82.4 Å². The molecular formula is C30H35N3O3. The molecule has 188 valence electrons. The van der Waals surface area contributed by atoms with E-state index < -0.39 is 0 Å². The summed E-state index contributed by atoms with van der Waals surface area (Å²) >= 11 is 0. The van der Waals surface area contributed by atoms with E-state index in [-0.39, 0.29) is 16.6 Å². The van der Waals surface area contributed by atoms with Crippen molar-refractivity contribution in [1.82, 2.24) is 14.9 Å². The second-order valence-electron chi connectivity index (χ2n) is 12.2. The van der Waals surface area contributed by atoms with Crippen molar-refractivity contribution in [2.75, 3.05) is 6.54 Å². The van der Waals surface area contributed by atoms with Crippen LogP contribution in [0.4, 0.5) is 0 Å². The Balaban J connectivity index is 1.49. The van der Waals surface area contributed by atoms with Crippen LogP contribution in [0.2, 0.25) is 0 Å². The molecule has 6 heteroatoms. The summed E-state index contributed by atoms with van der Waals surface area (Å²) in [5.74, 6) is 1.28. The van der Waals surface area contributed by atoms with Gasteiger partial charge in [0.15, 0.2) is 0 Å².